The molecule has 0 saturated carbocycles. The maximum Gasteiger partial charge on any atom is 0.573 e. The van der Waals surface area contributed by atoms with Gasteiger partial charge in [-0.25, -0.2) is 4.98 Å². The van der Waals surface area contributed by atoms with E-state index in [0.29, 0.717) is 22.8 Å². The van der Waals surface area contributed by atoms with Crippen LogP contribution in [0.5, 0.6) is 5.75 Å². The van der Waals surface area contributed by atoms with Crippen LogP contribution in [-0.4, -0.2) is 27.3 Å². The second kappa shape index (κ2) is 8.86. The smallest absolute Gasteiger partial charge is 0.406 e. The molecule has 162 valence electrons. The molecule has 0 aliphatic carbocycles. The average Bonchev–Trinajstić information content (AvgIpc) is 2.66. The van der Waals surface area contributed by atoms with Gasteiger partial charge in [0.2, 0.25) is 5.95 Å². The highest BCUT2D eigenvalue weighted by Crippen LogP contribution is 2.29. The number of aromatic nitrogens is 2. The highest BCUT2D eigenvalue weighted by Gasteiger charge is 2.31. The summed E-state index contributed by atoms with van der Waals surface area (Å²) < 4.78 is 41.7. The average molecular weight is 433 g/mol. The molecule has 0 atom stereocenters. The highest BCUT2D eigenvalue weighted by atomic mass is 19.4. The number of ether oxygens (including phenoxy) is 1. The summed E-state index contributed by atoms with van der Waals surface area (Å²) in [5.41, 5.74) is 1.23. The number of benzene rings is 2. The van der Waals surface area contributed by atoms with Crippen LogP contribution in [0.25, 0.3) is 11.3 Å². The summed E-state index contributed by atoms with van der Waals surface area (Å²) in [4.78, 5) is 19.0. The minimum atomic E-state index is -4.81. The lowest BCUT2D eigenvalue weighted by Crippen LogP contribution is -2.17. The molecule has 3 rings (SSSR count). The number of nitro groups is 1. The molecule has 0 bridgehead atoms. The van der Waals surface area contributed by atoms with E-state index in [1.54, 1.807) is 12.1 Å². The molecule has 0 aliphatic rings. The first-order chi connectivity index (χ1) is 14.6. The molecule has 1 heterocycles. The van der Waals surface area contributed by atoms with Crippen molar-refractivity contribution in [3.63, 3.8) is 0 Å². The van der Waals surface area contributed by atoms with Gasteiger partial charge in [0.05, 0.1) is 10.6 Å². The van der Waals surface area contributed by atoms with Gasteiger partial charge in [-0.15, -0.1) is 13.2 Å². The van der Waals surface area contributed by atoms with E-state index >= 15 is 0 Å². The topological polar surface area (TPSA) is 102 Å². The Morgan fingerprint density at radius 2 is 1.77 bits per heavy atom. The number of rotatable bonds is 7. The van der Waals surface area contributed by atoms with Gasteiger partial charge in [-0.2, -0.15) is 4.98 Å². The lowest BCUT2D eigenvalue weighted by Gasteiger charge is -2.14. The first kappa shape index (κ1) is 21.8. The van der Waals surface area contributed by atoms with Crippen molar-refractivity contribution < 1.29 is 22.8 Å². The number of non-ortho nitro benzene ring substituents is 1. The van der Waals surface area contributed by atoms with Crippen molar-refractivity contribution in [2.75, 3.05) is 10.6 Å². The fourth-order valence-electron chi connectivity index (χ4n) is 2.65. The number of alkyl halides is 3. The largest absolute Gasteiger partial charge is 0.573 e. The molecule has 0 aliphatic heterocycles. The van der Waals surface area contributed by atoms with Crippen molar-refractivity contribution in [1.82, 2.24) is 9.97 Å². The lowest BCUT2D eigenvalue weighted by atomic mass is 10.1. The molecule has 2 N–H and O–H groups in total. The quantitative estimate of drug-likeness (QED) is 0.374. The standard InChI is InChI=1S/C20H18F3N5O3/c1-12(2)24-19-26-17(13-4-3-5-16(10-13)31-20(21,22)23)11-18(27-19)25-14-6-8-15(9-7-14)28(29)30/h3-12H,1-2H3,(H2,24,25,26,27). The number of nitrogens with one attached hydrogen (secondary N) is 2. The summed E-state index contributed by atoms with van der Waals surface area (Å²) in [6.07, 6.45) is -4.81. The van der Waals surface area contributed by atoms with Gasteiger partial charge in [-0.3, -0.25) is 10.1 Å². The first-order valence-electron chi connectivity index (χ1n) is 9.12. The van der Waals surface area contributed by atoms with E-state index in [1.807, 2.05) is 13.8 Å². The van der Waals surface area contributed by atoms with E-state index in [1.165, 1.54) is 42.5 Å². The van der Waals surface area contributed by atoms with E-state index in [4.69, 9.17) is 0 Å². The Morgan fingerprint density at radius 3 is 2.39 bits per heavy atom. The van der Waals surface area contributed by atoms with Gasteiger partial charge in [0.15, 0.2) is 0 Å². The van der Waals surface area contributed by atoms with Crippen molar-refractivity contribution in [3.05, 3.63) is 64.7 Å². The molecule has 1 aromatic heterocycles. The third kappa shape index (κ3) is 6.29. The number of nitrogens with zero attached hydrogens (tertiary/aromatic N) is 3. The highest BCUT2D eigenvalue weighted by molar-refractivity contribution is 5.68. The van der Waals surface area contributed by atoms with Crippen LogP contribution in [0.4, 0.5) is 36.3 Å². The molecule has 0 radical (unpaired) electrons. The van der Waals surface area contributed by atoms with Crippen LogP contribution in [0.15, 0.2) is 54.6 Å². The van der Waals surface area contributed by atoms with Gasteiger partial charge in [0, 0.05) is 35.5 Å². The third-order valence-corrected chi connectivity index (χ3v) is 3.86. The van der Waals surface area contributed by atoms with Crippen molar-refractivity contribution in [3.8, 4) is 17.0 Å². The first-order valence-corrected chi connectivity index (χ1v) is 9.12. The Balaban J connectivity index is 1.95. The van der Waals surface area contributed by atoms with Crippen LogP contribution in [0.1, 0.15) is 13.8 Å². The summed E-state index contributed by atoms with van der Waals surface area (Å²) >= 11 is 0. The normalized spacial score (nSPS) is 11.3. The third-order valence-electron chi connectivity index (χ3n) is 3.86. The molecule has 0 fully saturated rings. The van der Waals surface area contributed by atoms with E-state index in [-0.39, 0.29) is 23.4 Å². The fraction of sp³-hybridized carbons (Fsp3) is 0.200. The minimum absolute atomic E-state index is 0.00220. The number of nitro benzene ring substituents is 1. The summed E-state index contributed by atoms with van der Waals surface area (Å²) in [7, 11) is 0. The summed E-state index contributed by atoms with van der Waals surface area (Å²) in [5.74, 6) is 0.245. The summed E-state index contributed by atoms with van der Waals surface area (Å²) in [6, 6.07) is 12.7. The van der Waals surface area contributed by atoms with Crippen molar-refractivity contribution in [2.24, 2.45) is 0 Å². The van der Waals surface area contributed by atoms with Crippen LogP contribution in [0.3, 0.4) is 0 Å². The summed E-state index contributed by atoms with van der Waals surface area (Å²) in [6.45, 7) is 3.77. The van der Waals surface area contributed by atoms with Crippen molar-refractivity contribution >= 4 is 23.1 Å². The van der Waals surface area contributed by atoms with Gasteiger partial charge in [-0.05, 0) is 38.1 Å². The minimum Gasteiger partial charge on any atom is -0.406 e. The molecule has 8 nitrogen and oxygen atoms in total. The predicted octanol–water partition coefficient (Wildman–Crippen LogP) is 5.51. The predicted molar refractivity (Wildman–Crippen MR) is 109 cm³/mol. The van der Waals surface area contributed by atoms with Gasteiger partial charge in [0.1, 0.15) is 11.6 Å². The fourth-order valence-corrected chi connectivity index (χ4v) is 2.65. The monoisotopic (exact) mass is 433 g/mol. The Bertz CT molecular complexity index is 1070. The van der Waals surface area contributed by atoms with Gasteiger partial charge in [-0.1, -0.05) is 12.1 Å². The Hall–Kier alpha value is -3.89. The second-order valence-corrected chi connectivity index (χ2v) is 6.77. The zero-order valence-corrected chi connectivity index (χ0v) is 16.5. The lowest BCUT2D eigenvalue weighted by molar-refractivity contribution is -0.384. The molecule has 31 heavy (non-hydrogen) atoms. The molecule has 0 unspecified atom stereocenters. The molecular weight excluding hydrogens is 415 g/mol. The number of halogens is 3. The molecule has 2 aromatic carbocycles. The maximum absolute atomic E-state index is 12.6. The molecule has 11 heteroatoms. The van der Waals surface area contributed by atoms with Crippen LogP contribution in [0.2, 0.25) is 0 Å². The van der Waals surface area contributed by atoms with E-state index in [2.05, 4.69) is 25.3 Å². The second-order valence-electron chi connectivity index (χ2n) is 6.77. The Kier molecular flexibility index (Phi) is 6.23. The molecular formula is C20H18F3N5O3. The Morgan fingerprint density at radius 1 is 1.06 bits per heavy atom. The number of hydrogen-bond acceptors (Lipinski definition) is 7. The molecule has 0 saturated heterocycles. The molecule has 0 amide bonds. The van der Waals surface area contributed by atoms with Crippen LogP contribution in [0, 0.1) is 10.1 Å². The zero-order chi connectivity index (χ0) is 22.6. The van der Waals surface area contributed by atoms with Crippen LogP contribution < -0.4 is 15.4 Å². The van der Waals surface area contributed by atoms with Gasteiger partial charge < -0.3 is 15.4 Å². The van der Waals surface area contributed by atoms with Crippen molar-refractivity contribution in [1.29, 1.82) is 0 Å². The SMILES string of the molecule is CC(C)Nc1nc(Nc2ccc([N+](=O)[O-])cc2)cc(-c2cccc(OC(F)(F)F)c2)n1. The van der Waals surface area contributed by atoms with Gasteiger partial charge in [0.25, 0.3) is 5.69 Å². The maximum atomic E-state index is 12.6. The van der Waals surface area contributed by atoms with E-state index < -0.39 is 11.3 Å². The number of anilines is 3. The van der Waals surface area contributed by atoms with E-state index in [9.17, 15) is 23.3 Å². The van der Waals surface area contributed by atoms with Gasteiger partial charge >= 0.3 is 6.36 Å². The Labute approximate surface area is 175 Å². The molecule has 3 aromatic rings. The summed E-state index contributed by atoms with van der Waals surface area (Å²) in [5, 5.41) is 16.9. The van der Waals surface area contributed by atoms with Crippen LogP contribution in [-0.2, 0) is 0 Å². The van der Waals surface area contributed by atoms with Crippen LogP contribution >= 0.6 is 0 Å². The number of hydrogen-bond donors (Lipinski definition) is 2. The molecule has 0 spiro atoms. The van der Waals surface area contributed by atoms with Crippen molar-refractivity contribution in [2.45, 2.75) is 26.3 Å². The van der Waals surface area contributed by atoms with E-state index in [0.717, 1.165) is 0 Å². The zero-order valence-electron chi connectivity index (χ0n) is 16.5.